The summed E-state index contributed by atoms with van der Waals surface area (Å²) in [6, 6.07) is 6.95. The zero-order valence-corrected chi connectivity index (χ0v) is 12.0. The number of carboxylic acids is 1. The van der Waals surface area contributed by atoms with Crippen molar-refractivity contribution in [3.63, 3.8) is 0 Å². The predicted octanol–water partition coefficient (Wildman–Crippen LogP) is 2.30. The summed E-state index contributed by atoms with van der Waals surface area (Å²) in [4.78, 5) is 24.8. The third-order valence-corrected chi connectivity index (χ3v) is 3.61. The minimum Gasteiger partial charge on any atom is -0.481 e. The molecular weight excluding hydrogens is 272 g/mol. The molecule has 0 spiro atoms. The molecule has 0 aromatic heterocycles. The summed E-state index contributed by atoms with van der Waals surface area (Å²) in [5.74, 6) is -0.875. The number of rotatable bonds is 5. The Balaban J connectivity index is 2.05. The maximum absolute atomic E-state index is 12.3. The highest BCUT2D eigenvalue weighted by atomic mass is 16.5. The number of anilines is 1. The first-order valence-electron chi connectivity index (χ1n) is 6.98. The number of urea groups is 1. The fourth-order valence-electron chi connectivity index (χ4n) is 2.63. The quantitative estimate of drug-likeness (QED) is 0.873. The van der Waals surface area contributed by atoms with E-state index in [1.54, 1.807) is 12.0 Å². The van der Waals surface area contributed by atoms with E-state index in [1.807, 2.05) is 24.3 Å². The summed E-state index contributed by atoms with van der Waals surface area (Å²) in [5.41, 5.74) is 1.59. The van der Waals surface area contributed by atoms with Crippen molar-refractivity contribution in [2.75, 3.05) is 19.0 Å². The summed E-state index contributed by atoms with van der Waals surface area (Å²) >= 11 is 0. The second-order valence-corrected chi connectivity index (χ2v) is 5.11. The normalized spacial score (nSPS) is 17.8. The molecule has 2 N–H and O–H groups in total. The van der Waals surface area contributed by atoms with Crippen molar-refractivity contribution in [3.05, 3.63) is 29.8 Å². The van der Waals surface area contributed by atoms with Crippen LogP contribution in [-0.2, 0) is 16.1 Å². The molecule has 1 unspecified atom stereocenters. The monoisotopic (exact) mass is 292 g/mol. The van der Waals surface area contributed by atoms with Gasteiger partial charge in [-0.15, -0.1) is 0 Å². The molecule has 6 heteroatoms. The molecule has 1 aromatic rings. The average Bonchev–Trinajstić information content (AvgIpc) is 2.88. The van der Waals surface area contributed by atoms with Crippen molar-refractivity contribution in [2.45, 2.75) is 31.9 Å². The van der Waals surface area contributed by atoms with E-state index in [0.29, 0.717) is 18.8 Å². The Morgan fingerprint density at radius 2 is 2.19 bits per heavy atom. The smallest absolute Gasteiger partial charge is 0.322 e. The topological polar surface area (TPSA) is 78.9 Å². The predicted molar refractivity (Wildman–Crippen MR) is 78.2 cm³/mol. The molecule has 1 saturated heterocycles. The summed E-state index contributed by atoms with van der Waals surface area (Å²) in [7, 11) is 1.60. The molecule has 114 valence electrons. The summed E-state index contributed by atoms with van der Waals surface area (Å²) in [6.45, 7) is 1.01. The minimum atomic E-state index is -0.875. The Bertz CT molecular complexity index is 518. The number of aliphatic carboxylic acids is 1. The van der Waals surface area contributed by atoms with Crippen molar-refractivity contribution in [1.82, 2.24) is 4.90 Å². The molecule has 6 nitrogen and oxygen atoms in total. The number of para-hydroxylation sites is 1. The number of ether oxygens (including phenoxy) is 1. The molecule has 0 bridgehead atoms. The van der Waals surface area contributed by atoms with Crippen molar-refractivity contribution in [3.8, 4) is 0 Å². The Morgan fingerprint density at radius 3 is 2.90 bits per heavy atom. The molecule has 0 saturated carbocycles. The highest BCUT2D eigenvalue weighted by Crippen LogP contribution is 2.23. The van der Waals surface area contributed by atoms with Gasteiger partial charge < -0.3 is 20.1 Å². The minimum absolute atomic E-state index is 0.00681. The Hall–Kier alpha value is -2.08. The molecular formula is C15H20N2O4. The third-order valence-electron chi connectivity index (χ3n) is 3.61. The van der Waals surface area contributed by atoms with Crippen molar-refractivity contribution >= 4 is 17.7 Å². The first-order chi connectivity index (χ1) is 10.1. The number of hydrogen-bond acceptors (Lipinski definition) is 3. The Morgan fingerprint density at radius 1 is 1.43 bits per heavy atom. The van der Waals surface area contributed by atoms with E-state index in [1.165, 1.54) is 0 Å². The van der Waals surface area contributed by atoms with Gasteiger partial charge in [0.05, 0.1) is 13.0 Å². The fourth-order valence-corrected chi connectivity index (χ4v) is 2.63. The number of nitrogens with one attached hydrogen (secondary N) is 1. The molecule has 2 rings (SSSR count). The van der Waals surface area contributed by atoms with Gasteiger partial charge in [-0.25, -0.2) is 4.79 Å². The van der Waals surface area contributed by atoms with Crippen molar-refractivity contribution in [1.29, 1.82) is 0 Å². The van der Waals surface area contributed by atoms with Crippen LogP contribution in [0.3, 0.4) is 0 Å². The maximum atomic E-state index is 12.3. The summed E-state index contributed by atoms with van der Waals surface area (Å²) in [5, 5.41) is 11.8. The van der Waals surface area contributed by atoms with E-state index in [-0.39, 0.29) is 18.5 Å². The molecule has 1 aliphatic rings. The van der Waals surface area contributed by atoms with Gasteiger partial charge >= 0.3 is 12.0 Å². The zero-order chi connectivity index (χ0) is 15.2. The number of amides is 2. The van der Waals surface area contributed by atoms with Crippen LogP contribution in [-0.4, -0.2) is 41.7 Å². The lowest BCUT2D eigenvalue weighted by Gasteiger charge is -2.24. The molecule has 1 aromatic carbocycles. The van der Waals surface area contributed by atoms with Gasteiger partial charge in [-0.2, -0.15) is 0 Å². The number of benzene rings is 1. The highest BCUT2D eigenvalue weighted by Gasteiger charge is 2.30. The number of carbonyl (C=O) groups excluding carboxylic acids is 1. The lowest BCUT2D eigenvalue weighted by Crippen LogP contribution is -2.39. The molecule has 0 aliphatic carbocycles. The second kappa shape index (κ2) is 7.08. The lowest BCUT2D eigenvalue weighted by molar-refractivity contribution is -0.137. The van der Waals surface area contributed by atoms with E-state index in [2.05, 4.69) is 5.32 Å². The van der Waals surface area contributed by atoms with Gasteiger partial charge in [0.2, 0.25) is 0 Å². The summed E-state index contributed by atoms with van der Waals surface area (Å²) in [6.07, 6.45) is 1.57. The van der Waals surface area contributed by atoms with Gasteiger partial charge in [-0.3, -0.25) is 4.79 Å². The van der Waals surface area contributed by atoms with E-state index < -0.39 is 5.97 Å². The number of likely N-dealkylation sites (tertiary alicyclic amines) is 1. The summed E-state index contributed by atoms with van der Waals surface area (Å²) < 4.78 is 5.11. The van der Waals surface area contributed by atoms with Crippen LogP contribution in [0.2, 0.25) is 0 Å². The first-order valence-corrected chi connectivity index (χ1v) is 6.98. The number of carbonyl (C=O) groups is 2. The third kappa shape index (κ3) is 3.95. The van der Waals surface area contributed by atoms with Crippen LogP contribution in [0.5, 0.6) is 0 Å². The molecule has 1 aliphatic heterocycles. The van der Waals surface area contributed by atoms with Gasteiger partial charge in [0.25, 0.3) is 0 Å². The molecule has 1 fully saturated rings. The second-order valence-electron chi connectivity index (χ2n) is 5.11. The SMILES string of the molecule is COCc1ccccc1NC(=O)N1CCCC1CC(=O)O. The number of nitrogens with zero attached hydrogens (tertiary/aromatic N) is 1. The zero-order valence-electron chi connectivity index (χ0n) is 12.0. The number of hydrogen-bond donors (Lipinski definition) is 2. The van der Waals surface area contributed by atoms with Gasteiger partial charge in [0.1, 0.15) is 0 Å². The van der Waals surface area contributed by atoms with Gasteiger partial charge in [-0.05, 0) is 18.9 Å². The maximum Gasteiger partial charge on any atom is 0.322 e. The molecule has 1 heterocycles. The van der Waals surface area contributed by atoms with E-state index >= 15 is 0 Å². The molecule has 1 atom stereocenters. The highest BCUT2D eigenvalue weighted by molar-refractivity contribution is 5.90. The number of methoxy groups -OCH3 is 1. The Labute approximate surface area is 123 Å². The van der Waals surface area contributed by atoms with Crippen LogP contribution >= 0.6 is 0 Å². The van der Waals surface area contributed by atoms with Crippen LogP contribution in [0.25, 0.3) is 0 Å². The van der Waals surface area contributed by atoms with E-state index in [9.17, 15) is 9.59 Å². The number of carboxylic acid groups (broad SMARTS) is 1. The molecule has 2 amide bonds. The van der Waals surface area contributed by atoms with Crippen LogP contribution in [0, 0.1) is 0 Å². The van der Waals surface area contributed by atoms with Crippen molar-refractivity contribution in [2.24, 2.45) is 0 Å². The van der Waals surface area contributed by atoms with E-state index in [4.69, 9.17) is 9.84 Å². The van der Waals surface area contributed by atoms with E-state index in [0.717, 1.165) is 18.4 Å². The molecule has 21 heavy (non-hydrogen) atoms. The van der Waals surface area contributed by atoms with Gasteiger partial charge in [-0.1, -0.05) is 18.2 Å². The van der Waals surface area contributed by atoms with Crippen LogP contribution < -0.4 is 5.32 Å². The van der Waals surface area contributed by atoms with Gasteiger partial charge in [0.15, 0.2) is 0 Å². The van der Waals surface area contributed by atoms with Gasteiger partial charge in [0, 0.05) is 30.9 Å². The first kappa shape index (κ1) is 15.3. The van der Waals surface area contributed by atoms with Crippen LogP contribution in [0.1, 0.15) is 24.8 Å². The largest absolute Gasteiger partial charge is 0.481 e. The Kier molecular flexibility index (Phi) is 5.16. The van der Waals surface area contributed by atoms with Crippen LogP contribution in [0.4, 0.5) is 10.5 Å². The fraction of sp³-hybridized carbons (Fsp3) is 0.467. The lowest BCUT2D eigenvalue weighted by atomic mass is 10.1. The van der Waals surface area contributed by atoms with Crippen LogP contribution in [0.15, 0.2) is 24.3 Å². The standard InChI is InChI=1S/C15H20N2O4/c1-21-10-11-5-2-3-7-13(11)16-15(20)17-8-4-6-12(17)9-14(18)19/h2-3,5,7,12H,4,6,8-10H2,1H3,(H,16,20)(H,18,19). The van der Waals surface area contributed by atoms with Crippen molar-refractivity contribution < 1.29 is 19.4 Å². The molecule has 0 radical (unpaired) electrons. The average molecular weight is 292 g/mol.